The summed E-state index contributed by atoms with van der Waals surface area (Å²) in [6.07, 6.45) is 8.20. The van der Waals surface area contributed by atoms with E-state index < -0.39 is 0 Å². The smallest absolute Gasteiger partial charge is 0.0106 e. The summed E-state index contributed by atoms with van der Waals surface area (Å²) >= 11 is 2.07. The molecular weight excluding hydrogens is 190 g/mol. The van der Waals surface area contributed by atoms with E-state index in [1.807, 2.05) is 0 Å². The van der Waals surface area contributed by atoms with Crippen molar-refractivity contribution in [2.75, 3.05) is 11.5 Å². The van der Waals surface area contributed by atoms with E-state index in [-0.39, 0.29) is 0 Å². The van der Waals surface area contributed by atoms with Crippen molar-refractivity contribution < 1.29 is 0 Å². The fourth-order valence-corrected chi connectivity index (χ4v) is 2.52. The molecule has 2 heteroatoms. The van der Waals surface area contributed by atoms with E-state index in [0.717, 1.165) is 6.42 Å². The van der Waals surface area contributed by atoms with Crippen molar-refractivity contribution in [1.29, 1.82) is 0 Å². The molecule has 0 fully saturated rings. The number of aryl methyl sites for hydroxylation is 3. The molecule has 1 aromatic rings. The van der Waals surface area contributed by atoms with Crippen molar-refractivity contribution >= 4 is 11.8 Å². The van der Waals surface area contributed by atoms with Crippen molar-refractivity contribution in [3.63, 3.8) is 0 Å². The van der Waals surface area contributed by atoms with Crippen LogP contribution in [0.1, 0.15) is 31.4 Å². The van der Waals surface area contributed by atoms with E-state index >= 15 is 0 Å². The third-order valence-electron chi connectivity index (χ3n) is 2.38. The molecule has 0 unspecified atom stereocenters. The average molecular weight is 211 g/mol. The Labute approximate surface area is 91.9 Å². The Kier molecular flexibility index (Phi) is 5.16. The highest BCUT2D eigenvalue weighted by molar-refractivity contribution is 7.99. The second-order valence-electron chi connectivity index (χ2n) is 3.69. The summed E-state index contributed by atoms with van der Waals surface area (Å²) in [5.74, 6) is 2.57. The van der Waals surface area contributed by atoms with Crippen LogP contribution >= 0.6 is 11.8 Å². The number of aromatic nitrogens is 1. The molecule has 0 N–H and O–H groups in total. The molecule has 0 amide bonds. The van der Waals surface area contributed by atoms with Crippen LogP contribution in [-0.4, -0.2) is 16.1 Å². The van der Waals surface area contributed by atoms with Crippen LogP contribution in [0.5, 0.6) is 0 Å². The number of nitrogens with zero attached hydrogens (tertiary/aromatic N) is 1. The maximum atomic E-state index is 2.27. The standard InChI is InChI=1S/C12H21NS/c1-4-7-14-8-6-12-10-13(3)9-11(12)5-2/h9-10H,4-8H2,1-3H3. The zero-order valence-corrected chi connectivity index (χ0v) is 10.4. The van der Waals surface area contributed by atoms with E-state index in [1.54, 1.807) is 5.56 Å². The molecule has 0 aliphatic rings. The molecule has 1 nitrogen and oxygen atoms in total. The van der Waals surface area contributed by atoms with Crippen LogP contribution < -0.4 is 0 Å². The zero-order chi connectivity index (χ0) is 10.4. The Morgan fingerprint density at radius 1 is 1.14 bits per heavy atom. The van der Waals surface area contributed by atoms with E-state index in [0.29, 0.717) is 0 Å². The molecule has 1 heterocycles. The van der Waals surface area contributed by atoms with Crippen LogP contribution in [0.3, 0.4) is 0 Å². The van der Waals surface area contributed by atoms with Gasteiger partial charge in [-0.3, -0.25) is 0 Å². The average Bonchev–Trinajstić information content (AvgIpc) is 2.54. The molecule has 0 bridgehead atoms. The molecule has 1 rings (SSSR count). The molecule has 14 heavy (non-hydrogen) atoms. The number of rotatable bonds is 6. The largest absolute Gasteiger partial charge is 0.357 e. The first-order chi connectivity index (χ1) is 6.77. The highest BCUT2D eigenvalue weighted by atomic mass is 32.2. The molecule has 1 aromatic heterocycles. The number of hydrogen-bond acceptors (Lipinski definition) is 1. The van der Waals surface area contributed by atoms with Gasteiger partial charge in [0.15, 0.2) is 0 Å². The van der Waals surface area contributed by atoms with Gasteiger partial charge in [-0.2, -0.15) is 11.8 Å². The van der Waals surface area contributed by atoms with Gasteiger partial charge in [-0.05, 0) is 41.9 Å². The van der Waals surface area contributed by atoms with Gasteiger partial charge < -0.3 is 4.57 Å². The van der Waals surface area contributed by atoms with E-state index in [1.165, 1.54) is 29.9 Å². The first kappa shape index (κ1) is 11.7. The molecular formula is C12H21NS. The lowest BCUT2D eigenvalue weighted by molar-refractivity contribution is 0.916. The van der Waals surface area contributed by atoms with Crippen molar-refractivity contribution in [3.05, 3.63) is 23.5 Å². The Morgan fingerprint density at radius 3 is 2.50 bits per heavy atom. The van der Waals surface area contributed by atoms with Gasteiger partial charge in [-0.15, -0.1) is 0 Å². The van der Waals surface area contributed by atoms with Crippen LogP contribution in [0, 0.1) is 0 Å². The summed E-state index contributed by atoms with van der Waals surface area (Å²) in [4.78, 5) is 0. The maximum absolute atomic E-state index is 2.27. The lowest BCUT2D eigenvalue weighted by atomic mass is 10.1. The molecule has 0 saturated heterocycles. The highest BCUT2D eigenvalue weighted by Gasteiger charge is 2.02. The van der Waals surface area contributed by atoms with Crippen LogP contribution in [-0.2, 0) is 19.9 Å². The monoisotopic (exact) mass is 211 g/mol. The van der Waals surface area contributed by atoms with Gasteiger partial charge in [0, 0.05) is 19.4 Å². The summed E-state index contributed by atoms with van der Waals surface area (Å²) in [6, 6.07) is 0. The molecule has 0 spiro atoms. The van der Waals surface area contributed by atoms with Gasteiger partial charge in [0.25, 0.3) is 0 Å². The Hall–Kier alpha value is -0.370. The van der Waals surface area contributed by atoms with Crippen LogP contribution in [0.2, 0.25) is 0 Å². The zero-order valence-electron chi connectivity index (χ0n) is 9.55. The minimum atomic E-state index is 1.16. The molecule has 0 radical (unpaired) electrons. The van der Waals surface area contributed by atoms with Crippen molar-refractivity contribution in [3.8, 4) is 0 Å². The minimum absolute atomic E-state index is 1.16. The second kappa shape index (κ2) is 6.18. The SMILES string of the molecule is CCCSCCc1cn(C)cc1CC. The summed E-state index contributed by atoms with van der Waals surface area (Å²) in [5.41, 5.74) is 3.06. The predicted molar refractivity (Wildman–Crippen MR) is 66.1 cm³/mol. The fourth-order valence-electron chi connectivity index (χ4n) is 1.67. The van der Waals surface area contributed by atoms with Crippen molar-refractivity contribution in [2.45, 2.75) is 33.1 Å². The normalized spacial score (nSPS) is 10.8. The van der Waals surface area contributed by atoms with Crippen molar-refractivity contribution in [2.24, 2.45) is 7.05 Å². The van der Waals surface area contributed by atoms with Gasteiger partial charge >= 0.3 is 0 Å². The van der Waals surface area contributed by atoms with Gasteiger partial charge in [-0.1, -0.05) is 13.8 Å². The van der Waals surface area contributed by atoms with Crippen LogP contribution in [0.4, 0.5) is 0 Å². The minimum Gasteiger partial charge on any atom is -0.357 e. The molecule has 0 aromatic carbocycles. The third-order valence-corrected chi connectivity index (χ3v) is 3.57. The Bertz CT molecular complexity index is 265. The highest BCUT2D eigenvalue weighted by Crippen LogP contribution is 2.14. The maximum Gasteiger partial charge on any atom is 0.0106 e. The first-order valence-electron chi connectivity index (χ1n) is 5.49. The topological polar surface area (TPSA) is 4.93 Å². The lowest BCUT2D eigenvalue weighted by Gasteiger charge is -2.00. The Balaban J connectivity index is 2.41. The van der Waals surface area contributed by atoms with E-state index in [4.69, 9.17) is 0 Å². The first-order valence-corrected chi connectivity index (χ1v) is 6.64. The molecule has 0 aliphatic heterocycles. The quantitative estimate of drug-likeness (QED) is 0.654. The van der Waals surface area contributed by atoms with Crippen LogP contribution in [0.25, 0.3) is 0 Å². The number of hydrogen-bond donors (Lipinski definition) is 0. The summed E-state index contributed by atoms with van der Waals surface area (Å²) in [7, 11) is 2.11. The summed E-state index contributed by atoms with van der Waals surface area (Å²) in [5, 5.41) is 0. The molecule has 0 atom stereocenters. The van der Waals surface area contributed by atoms with Gasteiger partial charge in [0.1, 0.15) is 0 Å². The second-order valence-corrected chi connectivity index (χ2v) is 4.91. The van der Waals surface area contributed by atoms with Gasteiger partial charge in [0.05, 0.1) is 0 Å². The van der Waals surface area contributed by atoms with E-state index in [2.05, 4.69) is 49.6 Å². The number of thioether (sulfide) groups is 1. The van der Waals surface area contributed by atoms with E-state index in [9.17, 15) is 0 Å². The predicted octanol–water partition coefficient (Wildman–Crippen LogP) is 3.27. The molecule has 0 saturated carbocycles. The summed E-state index contributed by atoms with van der Waals surface area (Å²) in [6.45, 7) is 4.48. The van der Waals surface area contributed by atoms with Gasteiger partial charge in [0.2, 0.25) is 0 Å². The Morgan fingerprint density at radius 2 is 1.86 bits per heavy atom. The molecule has 80 valence electrons. The van der Waals surface area contributed by atoms with Crippen LogP contribution in [0.15, 0.2) is 12.4 Å². The lowest BCUT2D eigenvalue weighted by Crippen LogP contribution is -1.91. The van der Waals surface area contributed by atoms with Crippen molar-refractivity contribution in [1.82, 2.24) is 4.57 Å². The summed E-state index contributed by atoms with van der Waals surface area (Å²) < 4.78 is 2.18. The fraction of sp³-hybridized carbons (Fsp3) is 0.667. The van der Waals surface area contributed by atoms with Gasteiger partial charge in [-0.25, -0.2) is 0 Å². The third kappa shape index (κ3) is 3.41. The molecule has 0 aliphatic carbocycles.